The largest absolute Gasteiger partial charge is 0.512 e. The monoisotopic (exact) mass is 759 g/mol. The summed E-state index contributed by atoms with van der Waals surface area (Å²) >= 11 is 0. The van der Waals surface area contributed by atoms with Crippen LogP contribution in [0.3, 0.4) is 0 Å². The van der Waals surface area contributed by atoms with Crippen LogP contribution in [0.15, 0.2) is 46.7 Å². The van der Waals surface area contributed by atoms with Gasteiger partial charge in [-0.15, -0.1) is 34.9 Å². The normalized spacial score (nSPS) is 13.7. The van der Waals surface area contributed by atoms with Crippen molar-refractivity contribution in [1.29, 1.82) is 0 Å². The third-order valence-corrected chi connectivity index (χ3v) is 9.22. The minimum atomic E-state index is -0.156. The SMILES string of the molecule is CCC(CC)C(=O)/C=C(\O)C(CC)CC.Cc1c[c-]c2c(c1)C(C)(C)c1ccc(C(C)C)c3oc4c(C)cnc-2c4c13.[Ir]. The summed E-state index contributed by atoms with van der Waals surface area (Å²) in [6.07, 6.45) is 6.84. The van der Waals surface area contributed by atoms with E-state index in [-0.39, 0.29) is 48.9 Å². The minimum Gasteiger partial charge on any atom is -0.512 e. The number of furan rings is 1. The van der Waals surface area contributed by atoms with Gasteiger partial charge >= 0.3 is 0 Å². The fourth-order valence-electron chi connectivity index (χ4n) is 6.40. The fraction of sp³-hybridized carbons (Fsp3) is 0.474. The number of carbonyl (C=O) groups is 1. The Morgan fingerprint density at radius 2 is 1.60 bits per heavy atom. The van der Waals surface area contributed by atoms with E-state index >= 15 is 0 Å². The van der Waals surface area contributed by atoms with E-state index in [1.165, 1.54) is 33.7 Å². The number of carbonyl (C=O) groups excluding carboxylic acids is 1. The van der Waals surface area contributed by atoms with Crippen molar-refractivity contribution >= 4 is 27.7 Å². The molecule has 1 aliphatic carbocycles. The number of hydrogen-bond donors (Lipinski definition) is 1. The summed E-state index contributed by atoms with van der Waals surface area (Å²) in [6.45, 7) is 21.4. The number of hydrogen-bond acceptors (Lipinski definition) is 4. The summed E-state index contributed by atoms with van der Waals surface area (Å²) in [4.78, 5) is 16.6. The Kier molecular flexibility index (Phi) is 11.2. The van der Waals surface area contributed by atoms with Gasteiger partial charge < -0.3 is 14.5 Å². The van der Waals surface area contributed by atoms with Gasteiger partial charge in [-0.2, -0.15) is 0 Å². The van der Waals surface area contributed by atoms with Gasteiger partial charge in [-0.3, -0.25) is 4.79 Å². The third kappa shape index (κ3) is 6.40. The van der Waals surface area contributed by atoms with E-state index in [9.17, 15) is 9.90 Å². The quantitative estimate of drug-likeness (QED) is 0.110. The van der Waals surface area contributed by atoms with Gasteiger partial charge in [0.15, 0.2) is 5.78 Å². The van der Waals surface area contributed by atoms with Crippen molar-refractivity contribution in [1.82, 2.24) is 4.98 Å². The van der Waals surface area contributed by atoms with Crippen molar-refractivity contribution < 1.29 is 34.4 Å². The van der Waals surface area contributed by atoms with Crippen LogP contribution in [0, 0.1) is 31.7 Å². The molecule has 4 nitrogen and oxygen atoms in total. The van der Waals surface area contributed by atoms with Crippen LogP contribution in [0.25, 0.3) is 33.2 Å². The number of benzene rings is 2. The molecule has 1 aliphatic rings. The molecule has 43 heavy (non-hydrogen) atoms. The van der Waals surface area contributed by atoms with Crippen LogP contribution in [-0.4, -0.2) is 15.9 Å². The molecule has 0 saturated heterocycles. The molecule has 1 radical (unpaired) electrons. The van der Waals surface area contributed by atoms with Crippen molar-refractivity contribution in [2.45, 2.75) is 106 Å². The molecule has 1 N–H and O–H groups in total. The molecule has 0 atom stereocenters. The maximum absolute atomic E-state index is 11.7. The van der Waals surface area contributed by atoms with E-state index in [1.807, 2.05) is 33.9 Å². The zero-order valence-corrected chi connectivity index (χ0v) is 30.0. The number of fused-ring (bicyclic) bond motifs is 2. The molecule has 0 fully saturated rings. The second-order valence-electron chi connectivity index (χ2n) is 12.7. The van der Waals surface area contributed by atoms with Gasteiger partial charge in [0.25, 0.3) is 0 Å². The Bertz CT molecular complexity index is 1630. The van der Waals surface area contributed by atoms with Crippen molar-refractivity contribution in [3.05, 3.63) is 76.2 Å². The minimum absolute atomic E-state index is 0. The summed E-state index contributed by atoms with van der Waals surface area (Å²) < 4.78 is 6.51. The molecule has 0 amide bonds. The molecule has 0 spiro atoms. The van der Waals surface area contributed by atoms with Crippen molar-refractivity contribution in [3.63, 3.8) is 0 Å². The van der Waals surface area contributed by atoms with E-state index in [1.54, 1.807) is 0 Å². The van der Waals surface area contributed by atoms with Crippen LogP contribution < -0.4 is 0 Å². The molecule has 0 aliphatic heterocycles. The molecule has 0 unspecified atom stereocenters. The molecule has 4 aromatic rings. The van der Waals surface area contributed by atoms with Gasteiger partial charge in [0, 0.05) is 60.5 Å². The number of pyridine rings is 1. The van der Waals surface area contributed by atoms with Gasteiger partial charge in [-0.25, -0.2) is 0 Å². The maximum atomic E-state index is 11.7. The van der Waals surface area contributed by atoms with E-state index in [4.69, 9.17) is 9.40 Å². The average molecular weight is 759 g/mol. The summed E-state index contributed by atoms with van der Waals surface area (Å²) in [7, 11) is 0. The number of aliphatic hydroxyl groups excluding tert-OH is 1. The molecule has 2 aromatic heterocycles. The van der Waals surface area contributed by atoms with Crippen LogP contribution in [0.4, 0.5) is 0 Å². The summed E-state index contributed by atoms with van der Waals surface area (Å²) in [5.74, 6) is 0.949. The Morgan fingerprint density at radius 3 is 2.19 bits per heavy atom. The van der Waals surface area contributed by atoms with Gasteiger partial charge in [0.2, 0.25) is 0 Å². The molecule has 0 saturated carbocycles. The summed E-state index contributed by atoms with van der Waals surface area (Å²) in [5, 5.41) is 12.1. The van der Waals surface area contributed by atoms with Gasteiger partial charge in [0.1, 0.15) is 11.2 Å². The summed E-state index contributed by atoms with van der Waals surface area (Å²) in [6, 6.07) is 12.4. The van der Waals surface area contributed by atoms with E-state index in [0.717, 1.165) is 59.1 Å². The Morgan fingerprint density at radius 1 is 0.977 bits per heavy atom. The van der Waals surface area contributed by atoms with E-state index in [0.29, 0.717) is 5.92 Å². The zero-order chi connectivity index (χ0) is 30.9. The predicted molar refractivity (Wildman–Crippen MR) is 175 cm³/mol. The van der Waals surface area contributed by atoms with Crippen LogP contribution in [0.2, 0.25) is 0 Å². The third-order valence-electron chi connectivity index (χ3n) is 9.22. The number of aliphatic hydroxyl groups is 1. The van der Waals surface area contributed by atoms with Crippen molar-refractivity contribution in [2.24, 2.45) is 11.8 Å². The standard InChI is InChI=1S/C25H24NO.C13H24O2.Ir/c1-13(2)16-9-10-18-20-21-22(26-12-15(4)23(21)27-24(16)20)17-8-7-14(3)11-19(17)25(18,5)6;1-5-10(6-2)12(14)9-13(15)11(7-3)8-4;/h7,9-13H,1-6H3;9-11,14H,5-8H2,1-4H3;/q-1;;/b;12-9-;. The molecule has 0 bridgehead atoms. The van der Waals surface area contributed by atoms with Gasteiger partial charge in [0.05, 0.1) is 5.76 Å². The zero-order valence-electron chi connectivity index (χ0n) is 27.6. The first-order valence-electron chi connectivity index (χ1n) is 15.7. The van der Waals surface area contributed by atoms with Crippen LogP contribution in [0.1, 0.15) is 115 Å². The topological polar surface area (TPSA) is 63.3 Å². The van der Waals surface area contributed by atoms with Crippen molar-refractivity contribution in [2.75, 3.05) is 0 Å². The number of rotatable bonds is 8. The molecule has 233 valence electrons. The summed E-state index contributed by atoms with van der Waals surface area (Å²) in [5.41, 5.74) is 10.1. The first kappa shape index (κ1) is 34.7. The molecule has 2 aromatic carbocycles. The smallest absolute Gasteiger partial charge is 0.162 e. The van der Waals surface area contributed by atoms with Crippen molar-refractivity contribution in [3.8, 4) is 11.3 Å². The number of ketones is 1. The van der Waals surface area contributed by atoms with E-state index in [2.05, 4.69) is 71.9 Å². The van der Waals surface area contributed by atoms with Crippen LogP contribution >= 0.6 is 0 Å². The Labute approximate surface area is 271 Å². The molecule has 5 heteroatoms. The number of nitrogens with zero attached hydrogens (tertiary/aromatic N) is 1. The van der Waals surface area contributed by atoms with Crippen LogP contribution in [0.5, 0.6) is 0 Å². The molecular formula is C38H48IrNO3-. The van der Waals surface area contributed by atoms with Gasteiger partial charge in [-0.05, 0) is 60.8 Å². The molecule has 5 rings (SSSR count). The molecular weight excluding hydrogens is 711 g/mol. The number of aryl methyl sites for hydroxylation is 2. The fourth-order valence-corrected chi connectivity index (χ4v) is 6.40. The molecule has 2 heterocycles. The number of allylic oxidation sites excluding steroid dienone is 2. The van der Waals surface area contributed by atoms with Crippen LogP contribution in [-0.2, 0) is 30.3 Å². The average Bonchev–Trinajstić information content (AvgIpc) is 3.33. The maximum Gasteiger partial charge on any atom is 0.162 e. The predicted octanol–water partition coefficient (Wildman–Crippen LogP) is 10.7. The number of aromatic nitrogens is 1. The van der Waals surface area contributed by atoms with Gasteiger partial charge in [-0.1, -0.05) is 74.4 Å². The first-order chi connectivity index (χ1) is 19.9. The Balaban J connectivity index is 0.000000274. The Hall–Kier alpha value is -2.75. The first-order valence-corrected chi connectivity index (χ1v) is 15.7. The second kappa shape index (κ2) is 13.9. The second-order valence-corrected chi connectivity index (χ2v) is 12.7. The van der Waals surface area contributed by atoms with E-state index < -0.39 is 0 Å².